The third kappa shape index (κ3) is 3.01. The highest BCUT2D eigenvalue weighted by Crippen LogP contribution is 2.30. The quantitative estimate of drug-likeness (QED) is 0.622. The number of hydrogen-bond donors (Lipinski definition) is 2. The summed E-state index contributed by atoms with van der Waals surface area (Å²) < 4.78 is 5.06. The van der Waals surface area contributed by atoms with E-state index in [1.54, 1.807) is 12.1 Å². The Morgan fingerprint density at radius 1 is 1.44 bits per heavy atom. The van der Waals surface area contributed by atoms with E-state index in [-0.39, 0.29) is 11.4 Å². The van der Waals surface area contributed by atoms with E-state index in [0.29, 0.717) is 5.76 Å². The molecule has 1 saturated carbocycles. The molecule has 2 N–H and O–H groups in total. The Balaban J connectivity index is 1.93. The van der Waals surface area contributed by atoms with Crippen LogP contribution in [0.25, 0.3) is 0 Å². The van der Waals surface area contributed by atoms with Crippen molar-refractivity contribution in [3.8, 4) is 0 Å². The van der Waals surface area contributed by atoms with Crippen LogP contribution in [0.15, 0.2) is 35.5 Å². The molecule has 0 radical (unpaired) electrons. The third-order valence-electron chi connectivity index (χ3n) is 3.53. The van der Waals surface area contributed by atoms with E-state index in [0.717, 1.165) is 19.3 Å². The van der Waals surface area contributed by atoms with Crippen LogP contribution in [-0.4, -0.2) is 11.4 Å². The first-order chi connectivity index (χ1) is 8.76. The molecule has 1 aromatic rings. The highest BCUT2D eigenvalue weighted by molar-refractivity contribution is 5.90. The summed E-state index contributed by atoms with van der Waals surface area (Å²) in [6.07, 6.45) is 10.1. The van der Waals surface area contributed by atoms with Crippen molar-refractivity contribution in [1.82, 2.24) is 10.9 Å². The van der Waals surface area contributed by atoms with Crippen LogP contribution in [0.1, 0.15) is 49.1 Å². The van der Waals surface area contributed by atoms with Crippen molar-refractivity contribution in [2.75, 3.05) is 0 Å². The van der Waals surface area contributed by atoms with Gasteiger partial charge < -0.3 is 4.42 Å². The van der Waals surface area contributed by atoms with Crippen LogP contribution in [0.5, 0.6) is 0 Å². The van der Waals surface area contributed by atoms with E-state index in [9.17, 15) is 4.79 Å². The highest BCUT2D eigenvalue weighted by Gasteiger charge is 2.31. The fourth-order valence-electron chi connectivity index (χ4n) is 2.54. The van der Waals surface area contributed by atoms with Gasteiger partial charge in [0.2, 0.25) is 0 Å². The molecule has 2 rings (SSSR count). The molecule has 0 aromatic carbocycles. The predicted molar refractivity (Wildman–Crippen MR) is 69.9 cm³/mol. The van der Waals surface area contributed by atoms with Crippen LogP contribution in [0.3, 0.4) is 0 Å². The second kappa shape index (κ2) is 5.87. The number of amides is 1. The van der Waals surface area contributed by atoms with Crippen molar-refractivity contribution in [3.05, 3.63) is 36.8 Å². The Hall–Kier alpha value is -1.55. The van der Waals surface area contributed by atoms with Gasteiger partial charge >= 0.3 is 5.91 Å². The topological polar surface area (TPSA) is 54.3 Å². The van der Waals surface area contributed by atoms with Gasteiger partial charge in [-0.25, -0.2) is 5.43 Å². The summed E-state index contributed by atoms with van der Waals surface area (Å²) in [6.45, 7) is 3.81. The van der Waals surface area contributed by atoms with E-state index in [4.69, 9.17) is 4.42 Å². The molecule has 0 spiro atoms. The largest absolute Gasteiger partial charge is 0.459 e. The van der Waals surface area contributed by atoms with Crippen LogP contribution >= 0.6 is 0 Å². The normalized spacial score (nSPS) is 18.2. The van der Waals surface area contributed by atoms with Gasteiger partial charge in [0.05, 0.1) is 6.26 Å². The first-order valence-electron chi connectivity index (χ1n) is 6.48. The molecule has 4 heteroatoms. The molecule has 0 atom stereocenters. The number of hydrazine groups is 1. The maximum atomic E-state index is 11.8. The lowest BCUT2D eigenvalue weighted by Gasteiger charge is -2.37. The summed E-state index contributed by atoms with van der Waals surface area (Å²) in [4.78, 5) is 11.8. The van der Waals surface area contributed by atoms with Gasteiger partial charge in [0.1, 0.15) is 0 Å². The van der Waals surface area contributed by atoms with Crippen LogP contribution < -0.4 is 10.9 Å². The lowest BCUT2D eigenvalue weighted by Crippen LogP contribution is -2.54. The minimum absolute atomic E-state index is 0.0394. The van der Waals surface area contributed by atoms with Crippen molar-refractivity contribution in [1.29, 1.82) is 0 Å². The fourth-order valence-corrected chi connectivity index (χ4v) is 2.54. The van der Waals surface area contributed by atoms with E-state index >= 15 is 0 Å². The highest BCUT2D eigenvalue weighted by atomic mass is 16.3. The Bertz CT molecular complexity index is 392. The zero-order valence-electron chi connectivity index (χ0n) is 10.6. The summed E-state index contributed by atoms with van der Waals surface area (Å²) in [5.74, 6) is 0.0982. The Morgan fingerprint density at radius 3 is 2.83 bits per heavy atom. The molecule has 1 aromatic heterocycles. The number of furan rings is 1. The molecule has 1 aliphatic carbocycles. The second-order valence-corrected chi connectivity index (χ2v) is 4.89. The summed E-state index contributed by atoms with van der Waals surface area (Å²) >= 11 is 0. The number of carbonyl (C=O) groups excluding carboxylic acids is 1. The second-order valence-electron chi connectivity index (χ2n) is 4.89. The molecule has 0 aliphatic heterocycles. The zero-order valence-corrected chi connectivity index (χ0v) is 10.6. The Labute approximate surface area is 107 Å². The van der Waals surface area contributed by atoms with Crippen molar-refractivity contribution in [3.63, 3.8) is 0 Å². The average molecular weight is 248 g/mol. The van der Waals surface area contributed by atoms with Crippen molar-refractivity contribution >= 4 is 5.91 Å². The first kappa shape index (κ1) is 12.9. The van der Waals surface area contributed by atoms with Gasteiger partial charge in [-0.05, 0) is 31.4 Å². The van der Waals surface area contributed by atoms with Crippen molar-refractivity contribution < 1.29 is 9.21 Å². The molecular formula is C14H20N2O2. The molecule has 1 aliphatic rings. The maximum absolute atomic E-state index is 11.8. The molecule has 1 heterocycles. The molecule has 0 saturated heterocycles. The molecule has 0 bridgehead atoms. The van der Waals surface area contributed by atoms with Gasteiger partial charge in [0.15, 0.2) is 5.76 Å². The van der Waals surface area contributed by atoms with Gasteiger partial charge in [-0.1, -0.05) is 25.3 Å². The van der Waals surface area contributed by atoms with Gasteiger partial charge in [-0.15, -0.1) is 6.58 Å². The summed E-state index contributed by atoms with van der Waals surface area (Å²) in [6, 6.07) is 3.35. The van der Waals surface area contributed by atoms with E-state index in [1.165, 1.54) is 25.5 Å². The Morgan fingerprint density at radius 2 is 2.22 bits per heavy atom. The van der Waals surface area contributed by atoms with Crippen LogP contribution in [0.4, 0.5) is 0 Å². The van der Waals surface area contributed by atoms with Crippen LogP contribution in [0, 0.1) is 0 Å². The summed E-state index contributed by atoms with van der Waals surface area (Å²) in [7, 11) is 0. The van der Waals surface area contributed by atoms with Gasteiger partial charge in [-0.2, -0.15) is 0 Å². The predicted octanol–water partition coefficient (Wildman–Crippen LogP) is 2.79. The molecule has 0 unspecified atom stereocenters. The average Bonchev–Trinajstić information content (AvgIpc) is 2.91. The molecule has 1 amide bonds. The standard InChI is InChI=1S/C14H20N2O2/c1-2-8-14(9-4-3-5-10-14)16-15-13(17)12-7-6-11-18-12/h2,6-7,11,16H,1,3-5,8-10H2,(H,15,17). The number of nitrogens with one attached hydrogen (secondary N) is 2. The fraction of sp³-hybridized carbons (Fsp3) is 0.500. The minimum Gasteiger partial charge on any atom is -0.459 e. The summed E-state index contributed by atoms with van der Waals surface area (Å²) in [5, 5.41) is 0. The SMILES string of the molecule is C=CCC1(NNC(=O)c2ccco2)CCCCC1. The van der Waals surface area contributed by atoms with Crippen LogP contribution in [-0.2, 0) is 0 Å². The van der Waals surface area contributed by atoms with Gasteiger partial charge in [0, 0.05) is 5.54 Å². The number of hydrogen-bond acceptors (Lipinski definition) is 3. The first-order valence-corrected chi connectivity index (χ1v) is 6.48. The maximum Gasteiger partial charge on any atom is 0.301 e. The van der Waals surface area contributed by atoms with Gasteiger partial charge in [-0.3, -0.25) is 10.2 Å². The van der Waals surface area contributed by atoms with E-state index < -0.39 is 0 Å². The molecule has 1 fully saturated rings. The summed E-state index contributed by atoms with van der Waals surface area (Å²) in [5.41, 5.74) is 5.90. The van der Waals surface area contributed by atoms with Crippen molar-refractivity contribution in [2.45, 2.75) is 44.1 Å². The van der Waals surface area contributed by atoms with Crippen molar-refractivity contribution in [2.24, 2.45) is 0 Å². The number of carbonyl (C=O) groups is 1. The molecular weight excluding hydrogens is 228 g/mol. The smallest absolute Gasteiger partial charge is 0.301 e. The van der Waals surface area contributed by atoms with Gasteiger partial charge in [0.25, 0.3) is 0 Å². The lowest BCUT2D eigenvalue weighted by molar-refractivity contribution is 0.0856. The lowest BCUT2D eigenvalue weighted by atomic mass is 9.80. The zero-order chi connectivity index (χ0) is 12.8. The van der Waals surface area contributed by atoms with E-state index in [2.05, 4.69) is 17.4 Å². The molecule has 4 nitrogen and oxygen atoms in total. The molecule has 18 heavy (non-hydrogen) atoms. The Kier molecular flexibility index (Phi) is 4.20. The number of rotatable bonds is 5. The van der Waals surface area contributed by atoms with Crippen LogP contribution in [0.2, 0.25) is 0 Å². The monoisotopic (exact) mass is 248 g/mol. The third-order valence-corrected chi connectivity index (χ3v) is 3.53. The molecule has 98 valence electrons. The van der Waals surface area contributed by atoms with E-state index in [1.807, 2.05) is 6.08 Å². The minimum atomic E-state index is -0.228.